The zero-order valence-corrected chi connectivity index (χ0v) is 14.1. The average Bonchev–Trinajstić information content (AvgIpc) is 2.82. The molecule has 1 aliphatic rings. The lowest BCUT2D eigenvalue weighted by molar-refractivity contribution is -0.895. The number of nitrogens with one attached hydrogen (secondary N) is 2. The quantitative estimate of drug-likeness (QED) is 0.570. The van der Waals surface area contributed by atoms with Crippen molar-refractivity contribution in [3.8, 4) is 0 Å². The predicted octanol–water partition coefficient (Wildman–Crippen LogP) is -0.652. The molecule has 7 nitrogen and oxygen atoms in total. The molecule has 1 aliphatic heterocycles. The molecule has 1 fully saturated rings. The van der Waals surface area contributed by atoms with E-state index in [0.717, 1.165) is 18.0 Å². The first kappa shape index (κ1) is 17.2. The summed E-state index contributed by atoms with van der Waals surface area (Å²) in [5, 5.41) is 0. The first-order chi connectivity index (χ1) is 10.8. The molecule has 0 saturated carbocycles. The third kappa shape index (κ3) is 3.61. The number of rotatable bonds is 4. The van der Waals surface area contributed by atoms with Crippen molar-refractivity contribution in [3.05, 3.63) is 22.5 Å². The van der Waals surface area contributed by atoms with Gasteiger partial charge in [-0.15, -0.1) is 0 Å². The second-order valence-electron chi connectivity index (χ2n) is 5.97. The Morgan fingerprint density at radius 2 is 1.83 bits per heavy atom. The number of hydrogen-bond acceptors (Lipinski definition) is 4. The molecule has 2 N–H and O–H groups in total. The number of ketones is 1. The van der Waals surface area contributed by atoms with Crippen LogP contribution in [0.15, 0.2) is 0 Å². The summed E-state index contributed by atoms with van der Waals surface area (Å²) in [4.78, 5) is 41.6. The number of aromatic nitrogens is 1. The van der Waals surface area contributed by atoms with E-state index < -0.39 is 5.97 Å². The second kappa shape index (κ2) is 6.95. The molecule has 126 valence electrons. The fraction of sp³-hybridized carbons (Fsp3) is 0.562. The molecule has 2 heterocycles. The molecule has 0 bridgehead atoms. The van der Waals surface area contributed by atoms with Gasteiger partial charge in [-0.1, -0.05) is 0 Å². The van der Waals surface area contributed by atoms with Crippen LogP contribution in [0.2, 0.25) is 0 Å². The number of carbonyl (C=O) groups is 3. The number of amides is 1. The van der Waals surface area contributed by atoms with E-state index in [2.05, 4.69) is 4.98 Å². The van der Waals surface area contributed by atoms with Gasteiger partial charge in [0.05, 0.1) is 44.5 Å². The number of carbonyl (C=O) groups excluding carboxylic acids is 3. The highest BCUT2D eigenvalue weighted by atomic mass is 16.5. The lowest BCUT2D eigenvalue weighted by atomic mass is 10.1. The molecular weight excluding hydrogens is 298 g/mol. The number of H-pyrrole nitrogens is 1. The van der Waals surface area contributed by atoms with Crippen LogP contribution in [0.5, 0.6) is 0 Å². The Hall–Kier alpha value is -2.15. The number of quaternary nitrogens is 1. The molecule has 0 unspecified atom stereocenters. The number of aromatic amines is 1. The Morgan fingerprint density at radius 1 is 1.22 bits per heavy atom. The number of piperazine rings is 1. The number of nitrogens with zero attached hydrogens (tertiary/aromatic N) is 1. The van der Waals surface area contributed by atoms with E-state index >= 15 is 0 Å². The molecule has 0 radical (unpaired) electrons. The number of hydrogen-bond donors (Lipinski definition) is 2. The van der Waals surface area contributed by atoms with Crippen molar-refractivity contribution in [3.63, 3.8) is 0 Å². The topological polar surface area (TPSA) is 83.9 Å². The minimum Gasteiger partial charge on any atom is -0.465 e. The van der Waals surface area contributed by atoms with Gasteiger partial charge < -0.3 is 19.5 Å². The minimum atomic E-state index is -0.433. The summed E-state index contributed by atoms with van der Waals surface area (Å²) in [6.45, 7) is 8.30. The molecule has 0 aromatic carbocycles. The summed E-state index contributed by atoms with van der Waals surface area (Å²) >= 11 is 0. The molecule has 0 aliphatic carbocycles. The number of Topliss-reactive ketones (excluding diaryl/α,β-unsaturated/α-hetero) is 1. The van der Waals surface area contributed by atoms with Crippen molar-refractivity contribution < 1.29 is 24.0 Å². The molecule has 1 aromatic heterocycles. The maximum atomic E-state index is 12.5. The molecule has 23 heavy (non-hydrogen) atoms. The average molecular weight is 322 g/mol. The van der Waals surface area contributed by atoms with Crippen molar-refractivity contribution in [2.75, 3.05) is 39.8 Å². The van der Waals surface area contributed by atoms with E-state index in [1.807, 2.05) is 0 Å². The van der Waals surface area contributed by atoms with Gasteiger partial charge in [0, 0.05) is 12.6 Å². The standard InChI is InChI=1S/C16H23N3O4/c1-10-14(16(22)23-4)11(2)17-15(10)13(21)9-18-5-7-19(8-6-18)12(3)20/h17H,5-9H2,1-4H3/p+1. The summed E-state index contributed by atoms with van der Waals surface area (Å²) in [5.41, 5.74) is 2.20. The lowest BCUT2D eigenvalue weighted by Gasteiger charge is -2.31. The van der Waals surface area contributed by atoms with Gasteiger partial charge in [0.15, 0.2) is 0 Å². The maximum absolute atomic E-state index is 12.5. The zero-order valence-electron chi connectivity index (χ0n) is 14.1. The first-order valence-corrected chi connectivity index (χ1v) is 7.75. The Kier molecular flexibility index (Phi) is 5.20. The molecule has 7 heteroatoms. The van der Waals surface area contributed by atoms with Gasteiger partial charge in [-0.05, 0) is 19.4 Å². The van der Waals surface area contributed by atoms with E-state index in [4.69, 9.17) is 4.74 Å². The van der Waals surface area contributed by atoms with Gasteiger partial charge in [-0.25, -0.2) is 4.79 Å². The van der Waals surface area contributed by atoms with Crippen LogP contribution in [0.4, 0.5) is 0 Å². The Balaban J connectivity index is 2.05. The third-order valence-electron chi connectivity index (χ3n) is 4.43. The van der Waals surface area contributed by atoms with Crippen molar-refractivity contribution in [2.45, 2.75) is 20.8 Å². The summed E-state index contributed by atoms with van der Waals surface area (Å²) in [5.74, 6) is -0.376. The zero-order chi connectivity index (χ0) is 17.1. The van der Waals surface area contributed by atoms with E-state index in [0.29, 0.717) is 42.1 Å². The smallest absolute Gasteiger partial charge is 0.339 e. The monoisotopic (exact) mass is 322 g/mol. The largest absolute Gasteiger partial charge is 0.465 e. The van der Waals surface area contributed by atoms with Crippen molar-refractivity contribution in [2.24, 2.45) is 0 Å². The van der Waals surface area contributed by atoms with Crippen LogP contribution in [-0.4, -0.2) is 67.4 Å². The predicted molar refractivity (Wildman–Crippen MR) is 83.8 cm³/mol. The fourth-order valence-electron chi connectivity index (χ4n) is 3.07. The van der Waals surface area contributed by atoms with E-state index in [1.54, 1.807) is 25.7 Å². The van der Waals surface area contributed by atoms with Crippen molar-refractivity contribution >= 4 is 17.7 Å². The number of methoxy groups -OCH3 is 1. The van der Waals surface area contributed by atoms with Crippen LogP contribution in [-0.2, 0) is 9.53 Å². The van der Waals surface area contributed by atoms with Crippen LogP contribution in [0, 0.1) is 13.8 Å². The number of aryl methyl sites for hydroxylation is 1. The molecule has 1 saturated heterocycles. The van der Waals surface area contributed by atoms with Crippen LogP contribution >= 0.6 is 0 Å². The molecule has 1 aromatic rings. The minimum absolute atomic E-state index is 0.0213. The highest BCUT2D eigenvalue weighted by molar-refractivity contribution is 6.01. The van der Waals surface area contributed by atoms with E-state index in [1.165, 1.54) is 7.11 Å². The molecule has 2 rings (SSSR count). The van der Waals surface area contributed by atoms with Gasteiger partial charge in [0.25, 0.3) is 0 Å². The Bertz CT molecular complexity index is 628. The highest BCUT2D eigenvalue weighted by Gasteiger charge is 2.27. The third-order valence-corrected chi connectivity index (χ3v) is 4.43. The number of esters is 1. The van der Waals surface area contributed by atoms with Gasteiger partial charge in [-0.3, -0.25) is 9.59 Å². The van der Waals surface area contributed by atoms with Crippen molar-refractivity contribution in [1.82, 2.24) is 9.88 Å². The SMILES string of the molecule is COC(=O)c1c(C)[nH]c(C(=O)C[NH+]2CCN(C(C)=O)CC2)c1C. The van der Waals surface area contributed by atoms with Crippen LogP contribution < -0.4 is 4.90 Å². The molecule has 0 atom stereocenters. The van der Waals surface area contributed by atoms with Gasteiger partial charge >= 0.3 is 5.97 Å². The molecule has 0 spiro atoms. The van der Waals surface area contributed by atoms with E-state index in [-0.39, 0.29) is 11.7 Å². The van der Waals surface area contributed by atoms with Crippen LogP contribution in [0.1, 0.15) is 39.0 Å². The van der Waals surface area contributed by atoms with Gasteiger partial charge in [-0.2, -0.15) is 0 Å². The summed E-state index contributed by atoms with van der Waals surface area (Å²) in [6.07, 6.45) is 0. The summed E-state index contributed by atoms with van der Waals surface area (Å²) in [6, 6.07) is 0. The van der Waals surface area contributed by atoms with Crippen LogP contribution in [0.25, 0.3) is 0 Å². The summed E-state index contributed by atoms with van der Waals surface area (Å²) < 4.78 is 4.76. The number of ether oxygens (including phenoxy) is 1. The van der Waals surface area contributed by atoms with E-state index in [9.17, 15) is 14.4 Å². The normalized spacial score (nSPS) is 15.6. The molecule has 1 amide bonds. The lowest BCUT2D eigenvalue weighted by Crippen LogP contribution is -3.15. The highest BCUT2D eigenvalue weighted by Crippen LogP contribution is 2.18. The van der Waals surface area contributed by atoms with Gasteiger partial charge in [0.1, 0.15) is 6.54 Å². The summed E-state index contributed by atoms with van der Waals surface area (Å²) in [7, 11) is 1.33. The van der Waals surface area contributed by atoms with Crippen LogP contribution in [0.3, 0.4) is 0 Å². The Morgan fingerprint density at radius 3 is 2.35 bits per heavy atom. The maximum Gasteiger partial charge on any atom is 0.339 e. The fourth-order valence-corrected chi connectivity index (χ4v) is 3.07. The first-order valence-electron chi connectivity index (χ1n) is 7.75. The Labute approximate surface area is 135 Å². The van der Waals surface area contributed by atoms with Crippen molar-refractivity contribution in [1.29, 1.82) is 0 Å². The molecular formula is C16H24N3O4+. The second-order valence-corrected chi connectivity index (χ2v) is 5.97. The van der Waals surface area contributed by atoms with Gasteiger partial charge in [0.2, 0.25) is 11.7 Å².